The summed E-state index contributed by atoms with van der Waals surface area (Å²) in [5, 5.41) is 26.9. The summed E-state index contributed by atoms with van der Waals surface area (Å²) in [4.78, 5) is 30.1. The fourth-order valence-corrected chi connectivity index (χ4v) is 5.53. The molecule has 11 nitrogen and oxygen atoms in total. The number of hydrogen-bond donors (Lipinski definition) is 2. The topological polar surface area (TPSA) is 121 Å². The van der Waals surface area contributed by atoms with Crippen molar-refractivity contribution in [3.8, 4) is 5.69 Å². The largest absolute Gasteiger partial charge is 0.372 e. The smallest absolute Gasteiger partial charge is 0.293 e. The minimum Gasteiger partial charge on any atom is -0.372 e. The molecular formula is C30H34N8O3S. The van der Waals surface area contributed by atoms with Gasteiger partial charge in [0.1, 0.15) is 16.7 Å². The number of nitro groups is 1. The van der Waals surface area contributed by atoms with Crippen LogP contribution in [0.15, 0.2) is 48.5 Å². The molecule has 0 atom stereocenters. The van der Waals surface area contributed by atoms with E-state index in [9.17, 15) is 14.9 Å². The summed E-state index contributed by atoms with van der Waals surface area (Å²) in [6.45, 7) is 11.6. The van der Waals surface area contributed by atoms with E-state index in [0.29, 0.717) is 16.9 Å². The van der Waals surface area contributed by atoms with E-state index in [-0.39, 0.29) is 16.4 Å². The number of aromatic nitrogens is 3. The Morgan fingerprint density at radius 3 is 2.29 bits per heavy atom. The first kappa shape index (κ1) is 28.9. The summed E-state index contributed by atoms with van der Waals surface area (Å²) < 4.78 is 0. The standard InChI is InChI=1S/C30H34N8O3S/c1-5-35(6-2)22-10-12-26(20(4)15-22)37-33-24-16-19(3)23(18-25(24)34-37)31-30(42)32-29(39)21-9-11-27(28(17-21)38(40)41)36-13-7-8-14-36/h9-12,15-18H,5-8,13-14H2,1-4H3,(H2,31,32,39,42). The van der Waals surface area contributed by atoms with Gasteiger partial charge in [0.15, 0.2) is 5.11 Å². The molecular weight excluding hydrogens is 552 g/mol. The van der Waals surface area contributed by atoms with Gasteiger partial charge in [0.2, 0.25) is 0 Å². The predicted octanol–water partition coefficient (Wildman–Crippen LogP) is 5.52. The van der Waals surface area contributed by atoms with Crippen LogP contribution in [0.1, 0.15) is 48.2 Å². The molecule has 42 heavy (non-hydrogen) atoms. The van der Waals surface area contributed by atoms with Crippen LogP contribution in [-0.4, -0.2) is 57.1 Å². The second-order valence-electron chi connectivity index (χ2n) is 10.4. The fraction of sp³-hybridized carbons (Fsp3) is 0.333. The highest BCUT2D eigenvalue weighted by atomic mass is 32.1. The van der Waals surface area contributed by atoms with Crippen LogP contribution in [0, 0.1) is 24.0 Å². The van der Waals surface area contributed by atoms with Crippen molar-refractivity contribution in [2.45, 2.75) is 40.5 Å². The fourth-order valence-electron chi connectivity index (χ4n) is 5.33. The lowest BCUT2D eigenvalue weighted by Gasteiger charge is -2.22. The SMILES string of the molecule is CCN(CC)c1ccc(-n2nc3cc(C)c(NC(=S)NC(=O)c4ccc(N5CCCC5)c([N+](=O)[O-])c4)cc3n2)c(C)c1. The van der Waals surface area contributed by atoms with Crippen molar-refractivity contribution in [1.82, 2.24) is 20.3 Å². The Bertz CT molecular complexity index is 1670. The second kappa shape index (κ2) is 12.1. The van der Waals surface area contributed by atoms with Crippen LogP contribution in [0.4, 0.5) is 22.7 Å². The molecule has 0 saturated carbocycles. The highest BCUT2D eigenvalue weighted by Crippen LogP contribution is 2.32. The molecule has 4 aromatic rings. The summed E-state index contributed by atoms with van der Waals surface area (Å²) >= 11 is 5.41. The third kappa shape index (κ3) is 5.89. The molecule has 1 saturated heterocycles. The van der Waals surface area contributed by atoms with Gasteiger partial charge in [0.25, 0.3) is 11.6 Å². The Labute approximate surface area is 249 Å². The molecule has 218 valence electrons. The zero-order chi connectivity index (χ0) is 30.0. The summed E-state index contributed by atoms with van der Waals surface area (Å²) in [7, 11) is 0. The number of rotatable bonds is 8. The Hall–Kier alpha value is -4.58. The molecule has 1 aliphatic rings. The van der Waals surface area contributed by atoms with Crippen LogP contribution in [-0.2, 0) is 0 Å². The van der Waals surface area contributed by atoms with Crippen LogP contribution in [0.25, 0.3) is 16.7 Å². The number of nitro benzene ring substituents is 1. The highest BCUT2D eigenvalue weighted by molar-refractivity contribution is 7.80. The average molecular weight is 587 g/mol. The van der Waals surface area contributed by atoms with Gasteiger partial charge < -0.3 is 15.1 Å². The molecule has 0 bridgehead atoms. The maximum atomic E-state index is 12.9. The Kier molecular flexibility index (Phi) is 8.34. The number of nitrogens with zero attached hydrogens (tertiary/aromatic N) is 6. The molecule has 1 amide bonds. The van der Waals surface area contributed by atoms with E-state index in [2.05, 4.69) is 46.6 Å². The maximum absolute atomic E-state index is 12.9. The van der Waals surface area contributed by atoms with Crippen molar-refractivity contribution in [3.05, 3.63) is 75.3 Å². The Balaban J connectivity index is 1.32. The summed E-state index contributed by atoms with van der Waals surface area (Å²) in [5.41, 5.74) is 6.64. The van der Waals surface area contributed by atoms with E-state index in [1.165, 1.54) is 6.07 Å². The number of aryl methyl sites for hydroxylation is 2. The summed E-state index contributed by atoms with van der Waals surface area (Å²) in [6, 6.07) is 14.5. The van der Waals surface area contributed by atoms with Crippen molar-refractivity contribution in [2.24, 2.45) is 0 Å². The third-order valence-corrected chi connectivity index (χ3v) is 7.81. The Morgan fingerprint density at radius 1 is 0.976 bits per heavy atom. The monoisotopic (exact) mass is 586 g/mol. The van der Waals surface area contributed by atoms with Crippen molar-refractivity contribution in [3.63, 3.8) is 0 Å². The van der Waals surface area contributed by atoms with E-state index in [1.807, 2.05) is 36.9 Å². The molecule has 2 N–H and O–H groups in total. The van der Waals surface area contributed by atoms with Gasteiger partial charge in [-0.05, 0) is 106 Å². The molecule has 5 rings (SSSR count). The van der Waals surface area contributed by atoms with Crippen molar-refractivity contribution < 1.29 is 9.72 Å². The molecule has 0 aliphatic carbocycles. The molecule has 1 aliphatic heterocycles. The molecule has 0 unspecified atom stereocenters. The van der Waals surface area contributed by atoms with Gasteiger partial charge in [-0.15, -0.1) is 10.2 Å². The normalized spacial score (nSPS) is 12.9. The quantitative estimate of drug-likeness (QED) is 0.156. The van der Waals surface area contributed by atoms with Gasteiger partial charge in [-0.3, -0.25) is 20.2 Å². The molecule has 0 spiro atoms. The maximum Gasteiger partial charge on any atom is 0.293 e. The zero-order valence-corrected chi connectivity index (χ0v) is 25.0. The predicted molar refractivity (Wildman–Crippen MR) is 170 cm³/mol. The number of carbonyl (C=O) groups excluding carboxylic acids is 1. The van der Waals surface area contributed by atoms with Crippen molar-refractivity contribution >= 4 is 57.0 Å². The number of nitrogens with one attached hydrogen (secondary N) is 2. The molecule has 1 aromatic heterocycles. The van der Waals surface area contributed by atoms with E-state index in [0.717, 1.165) is 67.0 Å². The molecule has 12 heteroatoms. The van der Waals surface area contributed by atoms with E-state index in [4.69, 9.17) is 17.3 Å². The van der Waals surface area contributed by atoms with Crippen LogP contribution in [0.3, 0.4) is 0 Å². The summed E-state index contributed by atoms with van der Waals surface area (Å²) in [5.74, 6) is -0.531. The number of benzene rings is 3. The molecule has 1 fully saturated rings. The molecule has 3 aromatic carbocycles. The third-order valence-electron chi connectivity index (χ3n) is 7.61. The lowest BCUT2D eigenvalue weighted by molar-refractivity contribution is -0.384. The molecule has 0 radical (unpaired) electrons. The van der Waals surface area contributed by atoms with Gasteiger partial charge in [-0.25, -0.2) is 0 Å². The van der Waals surface area contributed by atoms with E-state index >= 15 is 0 Å². The first-order valence-electron chi connectivity index (χ1n) is 14.1. The van der Waals surface area contributed by atoms with Crippen LogP contribution >= 0.6 is 12.2 Å². The number of hydrogen-bond acceptors (Lipinski definition) is 8. The minimum atomic E-state index is -0.531. The Morgan fingerprint density at radius 2 is 1.64 bits per heavy atom. The number of thiocarbonyl (C=S) groups is 1. The number of fused-ring (bicyclic) bond motifs is 1. The lowest BCUT2D eigenvalue weighted by atomic mass is 10.1. The van der Waals surface area contributed by atoms with Gasteiger partial charge in [0, 0.05) is 49.2 Å². The van der Waals surface area contributed by atoms with Crippen LogP contribution in [0.2, 0.25) is 0 Å². The van der Waals surface area contributed by atoms with Crippen molar-refractivity contribution in [2.75, 3.05) is 41.3 Å². The lowest BCUT2D eigenvalue weighted by Crippen LogP contribution is -2.34. The molecule has 2 heterocycles. The second-order valence-corrected chi connectivity index (χ2v) is 10.8. The van der Waals surface area contributed by atoms with Gasteiger partial charge in [-0.2, -0.15) is 4.80 Å². The highest BCUT2D eigenvalue weighted by Gasteiger charge is 2.24. The van der Waals surface area contributed by atoms with E-state index in [1.54, 1.807) is 16.9 Å². The number of amides is 1. The van der Waals surface area contributed by atoms with E-state index < -0.39 is 10.8 Å². The summed E-state index contributed by atoms with van der Waals surface area (Å²) in [6.07, 6.45) is 1.98. The van der Waals surface area contributed by atoms with Gasteiger partial charge in [0.05, 0.1) is 10.6 Å². The first-order valence-corrected chi connectivity index (χ1v) is 14.5. The van der Waals surface area contributed by atoms with Crippen LogP contribution < -0.4 is 20.4 Å². The minimum absolute atomic E-state index is 0.0731. The zero-order valence-electron chi connectivity index (χ0n) is 24.2. The van der Waals surface area contributed by atoms with Crippen molar-refractivity contribution in [1.29, 1.82) is 0 Å². The van der Waals surface area contributed by atoms with Gasteiger partial charge in [-0.1, -0.05) is 0 Å². The number of carbonyl (C=O) groups is 1. The van der Waals surface area contributed by atoms with Crippen LogP contribution in [0.5, 0.6) is 0 Å². The first-order chi connectivity index (χ1) is 20.2. The van der Waals surface area contributed by atoms with Gasteiger partial charge >= 0.3 is 0 Å². The number of anilines is 3. The average Bonchev–Trinajstić information content (AvgIpc) is 3.64.